The number of rotatable bonds is 6. The summed E-state index contributed by atoms with van der Waals surface area (Å²) in [6, 6.07) is 6.74. The molecule has 8 nitrogen and oxygen atoms in total. The Morgan fingerprint density at radius 3 is 2.44 bits per heavy atom. The van der Waals surface area contributed by atoms with Crippen molar-refractivity contribution in [3.05, 3.63) is 58.9 Å². The van der Waals surface area contributed by atoms with Gasteiger partial charge in [0.05, 0.1) is 27.5 Å². The lowest BCUT2D eigenvalue weighted by Gasteiger charge is -2.28. The van der Waals surface area contributed by atoms with Crippen LogP contribution in [0, 0.1) is 23.0 Å². The predicted molar refractivity (Wildman–Crippen MR) is 123 cm³/mol. The molecule has 36 heavy (non-hydrogen) atoms. The molecule has 5 rings (SSSR count). The summed E-state index contributed by atoms with van der Waals surface area (Å²) < 4.78 is 55.8. The Hall–Kier alpha value is -3.10. The molecule has 1 saturated heterocycles. The number of hydrogen-bond donors (Lipinski definition) is 1. The summed E-state index contributed by atoms with van der Waals surface area (Å²) >= 11 is 5.81. The zero-order valence-corrected chi connectivity index (χ0v) is 20.5. The molecule has 1 aliphatic heterocycles. The van der Waals surface area contributed by atoms with Crippen LogP contribution < -0.4 is 5.32 Å². The third-order valence-electron chi connectivity index (χ3n) is 7.16. The maximum absolute atomic E-state index is 14.7. The molecule has 12 heteroatoms. The topological polar surface area (TPSA) is 120 Å². The second-order valence-electron chi connectivity index (χ2n) is 9.56. The molecule has 1 aromatic carbocycles. The van der Waals surface area contributed by atoms with Gasteiger partial charge < -0.3 is 10.2 Å². The van der Waals surface area contributed by atoms with Gasteiger partial charge in [0.2, 0.25) is 11.8 Å². The Balaban J connectivity index is 1.50. The molecule has 2 aromatic rings. The van der Waals surface area contributed by atoms with Crippen LogP contribution in [-0.2, 0) is 24.8 Å². The van der Waals surface area contributed by atoms with Gasteiger partial charge >= 0.3 is 0 Å². The standard InChI is InChI=1S/C24H21ClF2N4O4S/c25-14-9-17(27)20(29-11-14)24(7-8-24)22(33)31-12-15(36(34,35)19-4-2-1-3-16(19)26)10-18(31)21(32)30-23(13-28)5-6-23/h1-4,9,11,15,18H,5-8,10,12H2,(H,30,32)/t15-,18+/m1/s1. The van der Waals surface area contributed by atoms with Gasteiger partial charge in [-0.2, -0.15) is 5.26 Å². The minimum atomic E-state index is -4.26. The van der Waals surface area contributed by atoms with Crippen molar-refractivity contribution in [2.45, 2.75) is 59.2 Å². The van der Waals surface area contributed by atoms with E-state index >= 15 is 0 Å². The third-order valence-corrected chi connectivity index (χ3v) is 9.53. The number of nitrogens with one attached hydrogen (secondary N) is 1. The van der Waals surface area contributed by atoms with Crippen LogP contribution in [0.2, 0.25) is 5.02 Å². The second-order valence-corrected chi connectivity index (χ2v) is 12.2. The van der Waals surface area contributed by atoms with Crippen molar-refractivity contribution >= 4 is 33.3 Å². The Kier molecular flexibility index (Phi) is 5.80. The quantitative estimate of drug-likeness (QED) is 0.608. The van der Waals surface area contributed by atoms with E-state index in [-0.39, 0.29) is 36.5 Å². The third kappa shape index (κ3) is 4.02. The molecule has 0 bridgehead atoms. The molecule has 3 aliphatic rings. The van der Waals surface area contributed by atoms with E-state index in [1.54, 1.807) is 0 Å². The van der Waals surface area contributed by atoms with E-state index in [0.29, 0.717) is 12.8 Å². The summed E-state index contributed by atoms with van der Waals surface area (Å²) in [5.41, 5.74) is -2.52. The van der Waals surface area contributed by atoms with Crippen molar-refractivity contribution < 1.29 is 26.8 Å². The van der Waals surface area contributed by atoms with Crippen LogP contribution in [0.5, 0.6) is 0 Å². The van der Waals surface area contributed by atoms with E-state index in [1.165, 1.54) is 18.3 Å². The first kappa shape index (κ1) is 24.6. The largest absolute Gasteiger partial charge is 0.336 e. The molecule has 188 valence electrons. The van der Waals surface area contributed by atoms with Gasteiger partial charge in [0, 0.05) is 12.7 Å². The average molecular weight is 535 g/mol. The molecular weight excluding hydrogens is 514 g/mol. The van der Waals surface area contributed by atoms with Gasteiger partial charge in [-0.15, -0.1) is 0 Å². The highest BCUT2D eigenvalue weighted by Gasteiger charge is 2.60. The van der Waals surface area contributed by atoms with Crippen molar-refractivity contribution in [1.82, 2.24) is 15.2 Å². The highest BCUT2D eigenvalue weighted by molar-refractivity contribution is 7.92. The zero-order chi connectivity index (χ0) is 25.9. The van der Waals surface area contributed by atoms with Crippen molar-refractivity contribution in [3.8, 4) is 6.07 Å². The highest BCUT2D eigenvalue weighted by atomic mass is 35.5. The molecule has 0 unspecified atom stereocenters. The molecule has 1 aromatic heterocycles. The van der Waals surface area contributed by atoms with Crippen LogP contribution in [0.25, 0.3) is 0 Å². The normalized spacial score (nSPS) is 23.6. The zero-order valence-electron chi connectivity index (χ0n) is 18.9. The summed E-state index contributed by atoms with van der Waals surface area (Å²) in [5.74, 6) is -3.01. The van der Waals surface area contributed by atoms with E-state index in [4.69, 9.17) is 11.6 Å². The maximum Gasteiger partial charge on any atom is 0.244 e. The monoisotopic (exact) mass is 534 g/mol. The van der Waals surface area contributed by atoms with Gasteiger partial charge in [0.25, 0.3) is 0 Å². The first-order valence-corrected chi connectivity index (χ1v) is 13.3. The van der Waals surface area contributed by atoms with Gasteiger partial charge in [-0.05, 0) is 50.3 Å². The number of amides is 2. The number of nitrogens with zero attached hydrogens (tertiary/aromatic N) is 3. The molecule has 1 N–H and O–H groups in total. The Labute approximate surface area is 211 Å². The number of pyridine rings is 1. The van der Waals surface area contributed by atoms with Crippen LogP contribution in [0.4, 0.5) is 8.78 Å². The van der Waals surface area contributed by atoms with E-state index < -0.39 is 60.4 Å². The maximum atomic E-state index is 14.7. The number of carbonyl (C=O) groups excluding carboxylic acids is 2. The fourth-order valence-electron chi connectivity index (χ4n) is 4.78. The van der Waals surface area contributed by atoms with Crippen molar-refractivity contribution in [2.24, 2.45) is 0 Å². The van der Waals surface area contributed by atoms with Crippen molar-refractivity contribution in [1.29, 1.82) is 5.26 Å². The molecular formula is C24H21ClF2N4O4S. The highest BCUT2D eigenvalue weighted by Crippen LogP contribution is 2.51. The Morgan fingerprint density at radius 1 is 1.17 bits per heavy atom. The molecule has 2 amide bonds. The summed E-state index contributed by atoms with van der Waals surface area (Å²) in [6.45, 7) is -0.385. The number of sulfone groups is 1. The lowest BCUT2D eigenvalue weighted by Crippen LogP contribution is -2.52. The van der Waals surface area contributed by atoms with Crippen LogP contribution in [0.15, 0.2) is 41.4 Å². The van der Waals surface area contributed by atoms with E-state index in [9.17, 15) is 32.0 Å². The summed E-state index contributed by atoms with van der Waals surface area (Å²) in [4.78, 5) is 31.6. The molecule has 2 saturated carbocycles. The minimum Gasteiger partial charge on any atom is -0.336 e. The smallest absolute Gasteiger partial charge is 0.244 e. The number of hydrogen-bond acceptors (Lipinski definition) is 6. The predicted octanol–water partition coefficient (Wildman–Crippen LogP) is 2.66. The first-order chi connectivity index (χ1) is 17.0. The van der Waals surface area contributed by atoms with Gasteiger partial charge in [-0.1, -0.05) is 23.7 Å². The number of likely N-dealkylation sites (tertiary alicyclic amines) is 1. The molecule has 2 atom stereocenters. The molecule has 2 heterocycles. The number of benzene rings is 1. The van der Waals surface area contributed by atoms with Crippen LogP contribution in [0.3, 0.4) is 0 Å². The minimum absolute atomic E-state index is 0.0557. The summed E-state index contributed by atoms with van der Waals surface area (Å²) in [7, 11) is -4.26. The summed E-state index contributed by atoms with van der Waals surface area (Å²) in [6.07, 6.45) is 2.33. The fourth-order valence-corrected chi connectivity index (χ4v) is 6.68. The van der Waals surface area contributed by atoms with Gasteiger partial charge in [0.1, 0.15) is 28.1 Å². The molecule has 2 aliphatic carbocycles. The van der Waals surface area contributed by atoms with E-state index in [0.717, 1.165) is 23.1 Å². The number of halogens is 3. The number of nitriles is 1. The van der Waals surface area contributed by atoms with Crippen LogP contribution >= 0.6 is 11.6 Å². The molecule has 0 spiro atoms. The number of aromatic nitrogens is 1. The van der Waals surface area contributed by atoms with E-state index in [2.05, 4.69) is 10.3 Å². The molecule has 0 radical (unpaired) electrons. The SMILES string of the molecule is N#CC1(NC(=O)[C@@H]2C[C@@H](S(=O)(=O)c3ccccc3F)CN2C(=O)C2(c3ncc(Cl)cc3F)CC2)CC1. The second kappa shape index (κ2) is 8.49. The van der Waals surface area contributed by atoms with Gasteiger partial charge in [0.15, 0.2) is 9.84 Å². The lowest BCUT2D eigenvalue weighted by molar-refractivity contribution is -0.140. The fraction of sp³-hybridized carbons (Fsp3) is 0.417. The Morgan fingerprint density at radius 2 is 1.86 bits per heavy atom. The lowest BCUT2D eigenvalue weighted by atomic mass is 9.98. The van der Waals surface area contributed by atoms with Gasteiger partial charge in [-0.3, -0.25) is 14.6 Å². The van der Waals surface area contributed by atoms with Crippen molar-refractivity contribution in [2.75, 3.05) is 6.54 Å². The summed E-state index contributed by atoms with van der Waals surface area (Å²) in [5, 5.41) is 10.8. The van der Waals surface area contributed by atoms with Crippen molar-refractivity contribution in [3.63, 3.8) is 0 Å². The molecule has 3 fully saturated rings. The first-order valence-electron chi connectivity index (χ1n) is 11.4. The number of carbonyl (C=O) groups is 2. The van der Waals surface area contributed by atoms with Gasteiger partial charge in [-0.25, -0.2) is 17.2 Å². The average Bonchev–Trinajstić information content (AvgIpc) is 3.75. The van der Waals surface area contributed by atoms with Crippen LogP contribution in [-0.4, -0.2) is 53.5 Å². The van der Waals surface area contributed by atoms with Crippen LogP contribution in [0.1, 0.15) is 37.8 Å². The van der Waals surface area contributed by atoms with E-state index in [1.807, 2.05) is 6.07 Å². The Bertz CT molecular complexity index is 1420.